The molecule has 2 unspecified atom stereocenters. The summed E-state index contributed by atoms with van der Waals surface area (Å²) in [5.41, 5.74) is 9.21. The predicted molar refractivity (Wildman–Crippen MR) is 155 cm³/mol. The number of rotatable bonds is 13. The number of carbonyl (C=O) groups excluding carboxylic acids is 1. The molecular formula is C30H37N5O2S. The lowest BCUT2D eigenvalue weighted by molar-refractivity contribution is -0.132. The summed E-state index contributed by atoms with van der Waals surface area (Å²) in [4.78, 5) is 21.1. The maximum Gasteiger partial charge on any atom is 0.262 e. The summed E-state index contributed by atoms with van der Waals surface area (Å²) >= 11 is 4.51. The second-order valence-corrected chi connectivity index (χ2v) is 10.2. The standard InChI is InChI=1S/C30H37N5O2S/c1-2-3-18-32-29(37)33-20-23-12-14-24(15-13-23)21-35-27(36)30(34-28(35)31,25-10-7-11-26(38)19-25)17-16-22-8-5-4-6-9-22/h4-15,19,29,32-33,37-38H,2-3,16-18,20-21H2,1H3,(H2,31,34). The molecule has 0 bridgehead atoms. The molecule has 0 saturated carbocycles. The second kappa shape index (κ2) is 13.1. The van der Waals surface area contributed by atoms with Crippen molar-refractivity contribution >= 4 is 24.5 Å². The highest BCUT2D eigenvalue weighted by molar-refractivity contribution is 7.80. The van der Waals surface area contributed by atoms with Crippen molar-refractivity contribution in [1.82, 2.24) is 15.5 Å². The van der Waals surface area contributed by atoms with Gasteiger partial charge < -0.3 is 10.8 Å². The van der Waals surface area contributed by atoms with E-state index in [0.29, 0.717) is 25.9 Å². The number of aliphatic imine (C=N–C) groups is 1. The molecular weight excluding hydrogens is 494 g/mol. The number of hydrogen-bond acceptors (Lipinski definition) is 7. The summed E-state index contributed by atoms with van der Waals surface area (Å²) in [6.45, 7) is 3.73. The Bertz CT molecular complexity index is 1230. The number of nitrogens with zero attached hydrogens (tertiary/aromatic N) is 2. The zero-order chi connectivity index (χ0) is 27.0. The number of nitrogens with two attached hydrogens (primary N) is 1. The van der Waals surface area contributed by atoms with Gasteiger partial charge in [-0.25, -0.2) is 4.99 Å². The third kappa shape index (κ3) is 6.82. The summed E-state index contributed by atoms with van der Waals surface area (Å²) in [6, 6.07) is 25.6. The van der Waals surface area contributed by atoms with Crippen LogP contribution < -0.4 is 16.4 Å². The highest BCUT2D eigenvalue weighted by Crippen LogP contribution is 2.38. The van der Waals surface area contributed by atoms with Crippen molar-refractivity contribution in [2.75, 3.05) is 6.54 Å². The van der Waals surface area contributed by atoms with Gasteiger partial charge in [0.2, 0.25) is 0 Å². The van der Waals surface area contributed by atoms with Gasteiger partial charge in [0, 0.05) is 11.4 Å². The Morgan fingerprint density at radius 1 is 1.00 bits per heavy atom. The predicted octanol–water partition coefficient (Wildman–Crippen LogP) is 3.92. The molecule has 5 N–H and O–H groups in total. The van der Waals surface area contributed by atoms with Crippen LogP contribution in [0.3, 0.4) is 0 Å². The van der Waals surface area contributed by atoms with Crippen LogP contribution in [0, 0.1) is 0 Å². The summed E-state index contributed by atoms with van der Waals surface area (Å²) < 4.78 is 0. The summed E-state index contributed by atoms with van der Waals surface area (Å²) in [5.74, 6) is 0.0940. The molecule has 1 aliphatic heterocycles. The Morgan fingerprint density at radius 3 is 2.45 bits per heavy atom. The zero-order valence-corrected chi connectivity index (χ0v) is 22.7. The van der Waals surface area contributed by atoms with Gasteiger partial charge in [-0.2, -0.15) is 0 Å². The van der Waals surface area contributed by atoms with E-state index in [2.05, 4.69) is 42.3 Å². The molecule has 2 atom stereocenters. The quantitative estimate of drug-likeness (QED) is 0.131. The first-order chi connectivity index (χ1) is 18.4. The highest BCUT2D eigenvalue weighted by Gasteiger charge is 2.48. The molecule has 0 aromatic heterocycles. The van der Waals surface area contributed by atoms with Crippen molar-refractivity contribution < 1.29 is 9.90 Å². The molecule has 1 heterocycles. The Labute approximate surface area is 230 Å². The van der Waals surface area contributed by atoms with E-state index in [0.717, 1.165) is 46.5 Å². The molecule has 0 aliphatic carbocycles. The van der Waals surface area contributed by atoms with Gasteiger partial charge in [-0.05, 0) is 60.2 Å². The summed E-state index contributed by atoms with van der Waals surface area (Å²) in [7, 11) is 0. The van der Waals surface area contributed by atoms with Crippen LogP contribution in [0.5, 0.6) is 0 Å². The van der Waals surface area contributed by atoms with E-state index in [1.54, 1.807) is 4.90 Å². The van der Waals surface area contributed by atoms with Gasteiger partial charge in [-0.15, -0.1) is 12.6 Å². The number of carbonyl (C=O) groups is 1. The first-order valence-corrected chi connectivity index (χ1v) is 13.6. The lowest BCUT2D eigenvalue weighted by atomic mass is 9.84. The molecule has 0 fully saturated rings. The molecule has 4 rings (SSSR count). The maximum atomic E-state index is 14.0. The number of aliphatic hydroxyl groups is 1. The van der Waals surface area contributed by atoms with Crippen molar-refractivity contribution in [3.05, 3.63) is 101 Å². The van der Waals surface area contributed by atoms with Gasteiger partial charge in [0.15, 0.2) is 17.9 Å². The minimum absolute atomic E-state index is 0.128. The van der Waals surface area contributed by atoms with Gasteiger partial charge >= 0.3 is 0 Å². The molecule has 200 valence electrons. The molecule has 1 amide bonds. The number of guanidine groups is 1. The molecule has 1 aliphatic rings. The molecule has 8 heteroatoms. The normalized spacial score (nSPS) is 18.0. The zero-order valence-electron chi connectivity index (χ0n) is 21.8. The third-order valence-electron chi connectivity index (χ3n) is 6.85. The first kappa shape index (κ1) is 27.9. The first-order valence-electron chi connectivity index (χ1n) is 13.1. The molecule has 3 aromatic carbocycles. The molecule has 0 saturated heterocycles. The average Bonchev–Trinajstić information content (AvgIpc) is 3.17. The minimum atomic E-state index is -1.09. The number of nitrogens with one attached hydrogen (secondary N) is 2. The van der Waals surface area contributed by atoms with E-state index in [-0.39, 0.29) is 11.9 Å². The van der Waals surface area contributed by atoms with Crippen LogP contribution >= 0.6 is 12.6 Å². The SMILES string of the molecule is CCCCNC(O)NCc1ccc(CN2C(=O)C(CCc3ccccc3)(c3cccc(S)c3)N=C2N)cc1. The number of benzene rings is 3. The van der Waals surface area contributed by atoms with E-state index in [1.165, 1.54) is 0 Å². The third-order valence-corrected chi connectivity index (χ3v) is 7.13. The molecule has 7 nitrogen and oxygen atoms in total. The smallest absolute Gasteiger partial charge is 0.262 e. The van der Waals surface area contributed by atoms with E-state index in [4.69, 9.17) is 10.7 Å². The number of unbranched alkanes of at least 4 members (excludes halogenated alkanes) is 1. The van der Waals surface area contributed by atoms with Gasteiger partial charge in [0.25, 0.3) is 5.91 Å². The monoisotopic (exact) mass is 531 g/mol. The van der Waals surface area contributed by atoms with E-state index in [1.807, 2.05) is 66.7 Å². The fourth-order valence-corrected chi connectivity index (χ4v) is 4.88. The lowest BCUT2D eigenvalue weighted by Crippen LogP contribution is -2.42. The van der Waals surface area contributed by atoms with E-state index >= 15 is 0 Å². The fourth-order valence-electron chi connectivity index (χ4n) is 4.66. The summed E-state index contributed by atoms with van der Waals surface area (Å²) in [5, 5.41) is 16.1. The van der Waals surface area contributed by atoms with Crippen LogP contribution in [0.2, 0.25) is 0 Å². The van der Waals surface area contributed by atoms with Crippen molar-refractivity contribution in [2.24, 2.45) is 10.7 Å². The maximum absolute atomic E-state index is 14.0. The van der Waals surface area contributed by atoms with Gasteiger partial charge in [0.1, 0.15) is 0 Å². The largest absolute Gasteiger partial charge is 0.369 e. The Balaban J connectivity index is 1.46. The minimum Gasteiger partial charge on any atom is -0.369 e. The van der Waals surface area contributed by atoms with Crippen LogP contribution in [0.15, 0.2) is 88.8 Å². The van der Waals surface area contributed by atoms with Gasteiger partial charge in [-0.3, -0.25) is 20.3 Å². The van der Waals surface area contributed by atoms with Crippen molar-refractivity contribution in [1.29, 1.82) is 0 Å². The van der Waals surface area contributed by atoms with E-state index in [9.17, 15) is 9.90 Å². The van der Waals surface area contributed by atoms with Crippen LogP contribution in [-0.2, 0) is 29.8 Å². The van der Waals surface area contributed by atoms with Crippen LogP contribution in [0.4, 0.5) is 0 Å². The van der Waals surface area contributed by atoms with Crippen LogP contribution in [-0.4, -0.2) is 34.8 Å². The number of aliphatic hydroxyl groups excluding tert-OH is 1. The lowest BCUT2D eigenvalue weighted by Gasteiger charge is -2.27. The number of amides is 1. The molecule has 0 radical (unpaired) electrons. The van der Waals surface area contributed by atoms with Crippen molar-refractivity contribution in [3.8, 4) is 0 Å². The number of hydrogen-bond donors (Lipinski definition) is 5. The molecule has 0 spiro atoms. The molecule has 3 aromatic rings. The Kier molecular flexibility index (Phi) is 9.58. The van der Waals surface area contributed by atoms with E-state index < -0.39 is 11.9 Å². The second-order valence-electron chi connectivity index (χ2n) is 9.67. The van der Waals surface area contributed by atoms with Crippen LogP contribution in [0.25, 0.3) is 0 Å². The van der Waals surface area contributed by atoms with Crippen LogP contribution in [0.1, 0.15) is 48.4 Å². The Hall–Kier alpha value is -3.17. The fraction of sp³-hybridized carbons (Fsp3) is 0.333. The van der Waals surface area contributed by atoms with Crippen molar-refractivity contribution in [3.63, 3.8) is 0 Å². The van der Waals surface area contributed by atoms with Gasteiger partial charge in [-0.1, -0.05) is 80.1 Å². The average molecular weight is 532 g/mol. The number of thiol groups is 1. The van der Waals surface area contributed by atoms with Gasteiger partial charge in [0.05, 0.1) is 6.54 Å². The topological polar surface area (TPSA) is 103 Å². The summed E-state index contributed by atoms with van der Waals surface area (Å²) in [6.07, 6.45) is 2.53. The van der Waals surface area contributed by atoms with Crippen molar-refractivity contribution in [2.45, 2.75) is 62.5 Å². The Morgan fingerprint density at radius 2 is 1.74 bits per heavy atom. The highest BCUT2D eigenvalue weighted by atomic mass is 32.1. The molecule has 38 heavy (non-hydrogen) atoms. The number of aryl methyl sites for hydroxylation is 1.